The van der Waals surface area contributed by atoms with Crippen molar-refractivity contribution >= 4 is 0 Å². The molecule has 0 aromatic heterocycles. The molecule has 3 heteroatoms. The lowest BCUT2D eigenvalue weighted by Crippen LogP contribution is -2.36. The zero-order chi connectivity index (χ0) is 14.4. The minimum Gasteiger partial charge on any atom is -0.491 e. The number of nitrogens with one attached hydrogen (secondary N) is 2. The van der Waals surface area contributed by atoms with Gasteiger partial charge in [0, 0.05) is 11.6 Å². The fraction of sp³-hybridized carbons (Fsp3) is 0.647. The molecule has 3 nitrogen and oxygen atoms in total. The second-order valence-corrected chi connectivity index (χ2v) is 6.05. The van der Waals surface area contributed by atoms with Crippen LogP contribution in [0.1, 0.15) is 45.2 Å². The van der Waals surface area contributed by atoms with Gasteiger partial charge in [0.25, 0.3) is 0 Å². The Morgan fingerprint density at radius 2 is 2.10 bits per heavy atom. The fourth-order valence-electron chi connectivity index (χ4n) is 2.75. The van der Waals surface area contributed by atoms with Gasteiger partial charge in [-0.25, -0.2) is 0 Å². The van der Waals surface area contributed by atoms with Gasteiger partial charge in [-0.2, -0.15) is 0 Å². The van der Waals surface area contributed by atoms with E-state index in [2.05, 4.69) is 49.6 Å². The maximum Gasteiger partial charge on any atom is 0.124 e. The Morgan fingerprint density at radius 3 is 2.80 bits per heavy atom. The average Bonchev–Trinajstić information content (AvgIpc) is 2.46. The Labute approximate surface area is 123 Å². The van der Waals surface area contributed by atoms with E-state index >= 15 is 0 Å². The molecule has 2 atom stereocenters. The van der Waals surface area contributed by atoms with Crippen molar-refractivity contribution in [2.24, 2.45) is 5.92 Å². The SMILES string of the molecule is CC(C)Oc1ccccc1C(C)NCC1CCCNC1. The van der Waals surface area contributed by atoms with Crippen LogP contribution in [0.25, 0.3) is 0 Å². The lowest BCUT2D eigenvalue weighted by molar-refractivity contribution is 0.237. The third-order valence-corrected chi connectivity index (χ3v) is 3.86. The van der Waals surface area contributed by atoms with Crippen LogP contribution >= 0.6 is 0 Å². The van der Waals surface area contributed by atoms with Crippen LogP contribution in [0.5, 0.6) is 5.75 Å². The number of ether oxygens (including phenoxy) is 1. The number of para-hydroxylation sites is 1. The van der Waals surface area contributed by atoms with E-state index in [4.69, 9.17) is 4.74 Å². The first-order valence-electron chi connectivity index (χ1n) is 7.86. The maximum atomic E-state index is 5.91. The van der Waals surface area contributed by atoms with Crippen LogP contribution in [0.2, 0.25) is 0 Å². The molecule has 0 saturated carbocycles. The molecule has 0 radical (unpaired) electrons. The normalized spacial score (nSPS) is 20.9. The molecule has 1 aliphatic rings. The van der Waals surface area contributed by atoms with Crippen molar-refractivity contribution in [3.8, 4) is 5.75 Å². The summed E-state index contributed by atoms with van der Waals surface area (Å²) in [6, 6.07) is 8.68. The van der Waals surface area contributed by atoms with E-state index < -0.39 is 0 Å². The molecule has 1 fully saturated rings. The van der Waals surface area contributed by atoms with Crippen LogP contribution in [0, 0.1) is 5.92 Å². The molecular formula is C17H28N2O. The molecule has 1 aromatic rings. The molecule has 1 saturated heterocycles. The quantitative estimate of drug-likeness (QED) is 0.837. The zero-order valence-corrected chi connectivity index (χ0v) is 13.0. The molecule has 1 heterocycles. The predicted octanol–water partition coefficient (Wildman–Crippen LogP) is 3.12. The van der Waals surface area contributed by atoms with Crippen LogP contribution in [-0.2, 0) is 0 Å². The third kappa shape index (κ3) is 4.50. The van der Waals surface area contributed by atoms with Crippen molar-refractivity contribution in [3.05, 3.63) is 29.8 Å². The maximum absolute atomic E-state index is 5.91. The van der Waals surface area contributed by atoms with Gasteiger partial charge in [-0.15, -0.1) is 0 Å². The Morgan fingerprint density at radius 1 is 1.30 bits per heavy atom. The summed E-state index contributed by atoms with van der Waals surface area (Å²) in [7, 11) is 0. The number of rotatable bonds is 6. The van der Waals surface area contributed by atoms with Crippen molar-refractivity contribution in [2.45, 2.75) is 45.8 Å². The van der Waals surface area contributed by atoms with Gasteiger partial charge in [0.15, 0.2) is 0 Å². The topological polar surface area (TPSA) is 33.3 Å². The first kappa shape index (κ1) is 15.3. The second kappa shape index (κ2) is 7.65. The summed E-state index contributed by atoms with van der Waals surface area (Å²) < 4.78 is 5.91. The van der Waals surface area contributed by atoms with Gasteiger partial charge in [-0.1, -0.05) is 18.2 Å². The smallest absolute Gasteiger partial charge is 0.124 e. The standard InChI is InChI=1S/C17H28N2O/c1-13(2)20-17-9-5-4-8-16(17)14(3)19-12-15-7-6-10-18-11-15/h4-5,8-9,13-15,18-19H,6-7,10-12H2,1-3H3. The molecule has 2 N–H and O–H groups in total. The second-order valence-electron chi connectivity index (χ2n) is 6.05. The number of benzene rings is 1. The van der Waals surface area contributed by atoms with E-state index in [1.54, 1.807) is 0 Å². The molecule has 2 unspecified atom stereocenters. The van der Waals surface area contributed by atoms with Gasteiger partial charge in [-0.3, -0.25) is 0 Å². The summed E-state index contributed by atoms with van der Waals surface area (Å²) in [6.45, 7) is 9.76. The van der Waals surface area contributed by atoms with Crippen molar-refractivity contribution in [1.82, 2.24) is 10.6 Å². The summed E-state index contributed by atoms with van der Waals surface area (Å²) >= 11 is 0. The highest BCUT2D eigenvalue weighted by molar-refractivity contribution is 5.35. The summed E-state index contributed by atoms with van der Waals surface area (Å²) in [5, 5.41) is 7.13. The van der Waals surface area contributed by atoms with Gasteiger partial charge in [-0.05, 0) is 65.2 Å². The minimum absolute atomic E-state index is 0.214. The molecule has 0 spiro atoms. The number of piperidine rings is 1. The lowest BCUT2D eigenvalue weighted by atomic mass is 9.98. The van der Waals surface area contributed by atoms with Gasteiger partial charge in [0.05, 0.1) is 6.10 Å². The minimum atomic E-state index is 0.214. The van der Waals surface area contributed by atoms with E-state index in [0.29, 0.717) is 6.04 Å². The summed E-state index contributed by atoms with van der Waals surface area (Å²) in [6.07, 6.45) is 2.84. The molecular weight excluding hydrogens is 248 g/mol. The van der Waals surface area contributed by atoms with Crippen molar-refractivity contribution in [3.63, 3.8) is 0 Å². The van der Waals surface area contributed by atoms with Crippen LogP contribution in [0.15, 0.2) is 24.3 Å². The highest BCUT2D eigenvalue weighted by Gasteiger charge is 2.16. The summed E-state index contributed by atoms with van der Waals surface area (Å²) in [5.74, 6) is 1.76. The number of hydrogen-bond donors (Lipinski definition) is 2. The van der Waals surface area contributed by atoms with Crippen molar-refractivity contribution in [1.29, 1.82) is 0 Å². The summed E-state index contributed by atoms with van der Waals surface area (Å²) in [4.78, 5) is 0. The molecule has 0 aliphatic carbocycles. The highest BCUT2D eigenvalue weighted by Crippen LogP contribution is 2.26. The van der Waals surface area contributed by atoms with E-state index in [-0.39, 0.29) is 6.10 Å². The Kier molecular flexibility index (Phi) is 5.86. The molecule has 20 heavy (non-hydrogen) atoms. The molecule has 112 valence electrons. The van der Waals surface area contributed by atoms with Gasteiger partial charge in [0.2, 0.25) is 0 Å². The van der Waals surface area contributed by atoms with Crippen molar-refractivity contribution in [2.75, 3.05) is 19.6 Å². The molecule has 1 aliphatic heterocycles. The van der Waals surface area contributed by atoms with Crippen LogP contribution in [0.4, 0.5) is 0 Å². The zero-order valence-electron chi connectivity index (χ0n) is 13.0. The molecule has 1 aromatic carbocycles. The molecule has 0 amide bonds. The third-order valence-electron chi connectivity index (χ3n) is 3.86. The fourth-order valence-corrected chi connectivity index (χ4v) is 2.75. The predicted molar refractivity (Wildman–Crippen MR) is 84.2 cm³/mol. The van der Waals surface area contributed by atoms with Crippen LogP contribution in [-0.4, -0.2) is 25.7 Å². The highest BCUT2D eigenvalue weighted by atomic mass is 16.5. The number of hydrogen-bond acceptors (Lipinski definition) is 3. The largest absolute Gasteiger partial charge is 0.491 e. The first-order chi connectivity index (χ1) is 9.66. The van der Waals surface area contributed by atoms with E-state index in [1.807, 2.05) is 6.07 Å². The summed E-state index contributed by atoms with van der Waals surface area (Å²) in [5.41, 5.74) is 1.25. The van der Waals surface area contributed by atoms with Gasteiger partial charge >= 0.3 is 0 Å². The Hall–Kier alpha value is -1.06. The van der Waals surface area contributed by atoms with Gasteiger partial charge in [0.1, 0.15) is 5.75 Å². The molecule has 0 bridgehead atoms. The molecule has 2 rings (SSSR count). The Balaban J connectivity index is 1.92. The van der Waals surface area contributed by atoms with Crippen LogP contribution in [0.3, 0.4) is 0 Å². The lowest BCUT2D eigenvalue weighted by Gasteiger charge is -2.26. The van der Waals surface area contributed by atoms with Gasteiger partial charge < -0.3 is 15.4 Å². The van der Waals surface area contributed by atoms with E-state index in [1.165, 1.54) is 24.9 Å². The Bertz CT molecular complexity index is 400. The van der Waals surface area contributed by atoms with E-state index in [0.717, 1.165) is 24.8 Å². The van der Waals surface area contributed by atoms with E-state index in [9.17, 15) is 0 Å². The monoisotopic (exact) mass is 276 g/mol. The van der Waals surface area contributed by atoms with Crippen LogP contribution < -0.4 is 15.4 Å². The first-order valence-corrected chi connectivity index (χ1v) is 7.86. The average molecular weight is 276 g/mol. The van der Waals surface area contributed by atoms with Crippen molar-refractivity contribution < 1.29 is 4.74 Å².